The number of hydrogen-bond donors (Lipinski definition) is 1. The van der Waals surface area contributed by atoms with Crippen molar-refractivity contribution in [2.45, 2.75) is 6.92 Å². The van der Waals surface area contributed by atoms with Crippen LogP contribution in [-0.4, -0.2) is 22.8 Å². The summed E-state index contributed by atoms with van der Waals surface area (Å²) in [7, 11) is 0. The largest absolute Gasteiger partial charge is 0.462 e. The average molecular weight is 216 g/mol. The number of benzene rings is 1. The van der Waals surface area contributed by atoms with Gasteiger partial charge in [-0.3, -0.25) is 5.10 Å². The number of esters is 1. The van der Waals surface area contributed by atoms with Gasteiger partial charge in [-0.1, -0.05) is 12.1 Å². The highest BCUT2D eigenvalue weighted by Gasteiger charge is 2.07. The van der Waals surface area contributed by atoms with E-state index in [-0.39, 0.29) is 5.97 Å². The number of carbonyl (C=O) groups excluding carboxylic acids is 1. The van der Waals surface area contributed by atoms with Crippen LogP contribution in [0.1, 0.15) is 17.3 Å². The van der Waals surface area contributed by atoms with Gasteiger partial charge >= 0.3 is 5.97 Å². The summed E-state index contributed by atoms with van der Waals surface area (Å²) in [6.45, 7) is 2.17. The van der Waals surface area contributed by atoms with Gasteiger partial charge in [0.25, 0.3) is 0 Å². The Labute approximate surface area is 93.3 Å². The number of aromatic nitrogens is 2. The molecule has 4 heteroatoms. The highest BCUT2D eigenvalue weighted by Crippen LogP contribution is 2.17. The van der Waals surface area contributed by atoms with E-state index in [1.165, 1.54) is 0 Å². The van der Waals surface area contributed by atoms with Crippen molar-refractivity contribution in [2.24, 2.45) is 0 Å². The third-order valence-corrected chi connectivity index (χ3v) is 2.19. The Morgan fingerprint density at radius 2 is 2.31 bits per heavy atom. The second-order valence-corrected chi connectivity index (χ2v) is 3.27. The van der Waals surface area contributed by atoms with Crippen LogP contribution >= 0.6 is 0 Å². The van der Waals surface area contributed by atoms with Crippen LogP contribution in [0.4, 0.5) is 0 Å². The molecule has 2 rings (SSSR count). The Bertz CT molecular complexity index is 478. The Morgan fingerprint density at radius 3 is 3.00 bits per heavy atom. The fraction of sp³-hybridized carbons (Fsp3) is 0.167. The Kier molecular flexibility index (Phi) is 3.00. The molecule has 1 heterocycles. The molecule has 0 unspecified atom stereocenters. The average Bonchev–Trinajstić information content (AvgIpc) is 2.83. The summed E-state index contributed by atoms with van der Waals surface area (Å²) < 4.78 is 4.94. The van der Waals surface area contributed by atoms with E-state index in [9.17, 15) is 4.79 Å². The third kappa shape index (κ3) is 2.11. The summed E-state index contributed by atoms with van der Waals surface area (Å²) in [6.07, 6.45) is 1.67. The molecule has 0 aliphatic carbocycles. The lowest BCUT2D eigenvalue weighted by atomic mass is 10.1. The zero-order valence-corrected chi connectivity index (χ0v) is 8.93. The van der Waals surface area contributed by atoms with Crippen molar-refractivity contribution in [3.05, 3.63) is 42.1 Å². The minimum atomic E-state index is -0.302. The molecule has 0 aliphatic heterocycles. The molecule has 0 aliphatic rings. The number of carbonyl (C=O) groups is 1. The first-order valence-corrected chi connectivity index (χ1v) is 5.08. The van der Waals surface area contributed by atoms with Gasteiger partial charge in [0.2, 0.25) is 0 Å². The second kappa shape index (κ2) is 4.61. The molecule has 0 amide bonds. The number of nitrogens with one attached hydrogen (secondary N) is 1. The van der Waals surface area contributed by atoms with Crippen LogP contribution in [0.15, 0.2) is 36.5 Å². The molecule has 1 N–H and O–H groups in total. The van der Waals surface area contributed by atoms with E-state index in [4.69, 9.17) is 4.74 Å². The summed E-state index contributed by atoms with van der Waals surface area (Å²) in [5, 5.41) is 6.72. The quantitative estimate of drug-likeness (QED) is 0.800. The fourth-order valence-corrected chi connectivity index (χ4v) is 1.44. The van der Waals surface area contributed by atoms with E-state index >= 15 is 0 Å². The highest BCUT2D eigenvalue weighted by molar-refractivity contribution is 5.90. The SMILES string of the molecule is CCOC(=O)c1cccc(-c2ccn[nH]2)c1. The molecule has 2 aromatic rings. The van der Waals surface area contributed by atoms with Crippen molar-refractivity contribution in [3.63, 3.8) is 0 Å². The van der Waals surface area contributed by atoms with Crippen molar-refractivity contribution in [2.75, 3.05) is 6.61 Å². The molecule has 82 valence electrons. The molecule has 0 atom stereocenters. The van der Waals surface area contributed by atoms with E-state index < -0.39 is 0 Å². The maximum atomic E-state index is 11.5. The Balaban J connectivity index is 2.30. The summed E-state index contributed by atoms with van der Waals surface area (Å²) in [6, 6.07) is 9.10. The van der Waals surface area contributed by atoms with Crippen molar-refractivity contribution in [1.82, 2.24) is 10.2 Å². The zero-order chi connectivity index (χ0) is 11.4. The fourth-order valence-electron chi connectivity index (χ4n) is 1.44. The Morgan fingerprint density at radius 1 is 1.44 bits per heavy atom. The smallest absolute Gasteiger partial charge is 0.338 e. The molecule has 1 aromatic heterocycles. The van der Waals surface area contributed by atoms with E-state index in [2.05, 4.69) is 10.2 Å². The molecule has 4 nitrogen and oxygen atoms in total. The standard InChI is InChI=1S/C12H12N2O2/c1-2-16-12(15)10-5-3-4-9(8-10)11-6-7-13-14-11/h3-8H,2H2,1H3,(H,13,14). The van der Waals surface area contributed by atoms with E-state index in [1.807, 2.05) is 18.2 Å². The molecule has 0 bridgehead atoms. The molecular formula is C12H12N2O2. The summed E-state index contributed by atoms with van der Waals surface area (Å²) in [4.78, 5) is 11.5. The van der Waals surface area contributed by atoms with Crippen LogP contribution in [0.25, 0.3) is 11.3 Å². The molecule has 0 fully saturated rings. The van der Waals surface area contributed by atoms with Crippen molar-refractivity contribution < 1.29 is 9.53 Å². The van der Waals surface area contributed by atoms with Gasteiger partial charge in [0.15, 0.2) is 0 Å². The molecular weight excluding hydrogens is 204 g/mol. The van der Waals surface area contributed by atoms with E-state index in [0.29, 0.717) is 12.2 Å². The van der Waals surface area contributed by atoms with Gasteiger partial charge in [0.1, 0.15) is 0 Å². The predicted octanol–water partition coefficient (Wildman–Crippen LogP) is 2.25. The first-order chi connectivity index (χ1) is 7.81. The van der Waals surface area contributed by atoms with Crippen LogP contribution in [0.5, 0.6) is 0 Å². The van der Waals surface area contributed by atoms with Gasteiger partial charge < -0.3 is 4.74 Å². The lowest BCUT2D eigenvalue weighted by molar-refractivity contribution is 0.0526. The van der Waals surface area contributed by atoms with Gasteiger partial charge in [-0.25, -0.2) is 4.79 Å². The topological polar surface area (TPSA) is 55.0 Å². The first-order valence-electron chi connectivity index (χ1n) is 5.08. The van der Waals surface area contributed by atoms with E-state index in [0.717, 1.165) is 11.3 Å². The Hall–Kier alpha value is -2.10. The number of ether oxygens (including phenoxy) is 1. The number of aromatic amines is 1. The van der Waals surface area contributed by atoms with Gasteiger partial charge in [-0.05, 0) is 25.1 Å². The minimum Gasteiger partial charge on any atom is -0.462 e. The van der Waals surface area contributed by atoms with Gasteiger partial charge in [0, 0.05) is 11.8 Å². The molecule has 0 radical (unpaired) electrons. The van der Waals surface area contributed by atoms with Gasteiger partial charge in [0.05, 0.1) is 17.9 Å². The van der Waals surface area contributed by atoms with Crippen LogP contribution in [0.2, 0.25) is 0 Å². The van der Waals surface area contributed by atoms with Crippen LogP contribution in [-0.2, 0) is 4.74 Å². The number of nitrogens with zero attached hydrogens (tertiary/aromatic N) is 1. The maximum Gasteiger partial charge on any atom is 0.338 e. The molecule has 0 saturated heterocycles. The van der Waals surface area contributed by atoms with Crippen molar-refractivity contribution in [3.8, 4) is 11.3 Å². The van der Waals surface area contributed by atoms with Crippen LogP contribution in [0, 0.1) is 0 Å². The van der Waals surface area contributed by atoms with Crippen molar-refractivity contribution >= 4 is 5.97 Å². The third-order valence-electron chi connectivity index (χ3n) is 2.19. The van der Waals surface area contributed by atoms with Crippen LogP contribution in [0.3, 0.4) is 0 Å². The number of rotatable bonds is 3. The number of hydrogen-bond acceptors (Lipinski definition) is 3. The lowest BCUT2D eigenvalue weighted by Gasteiger charge is -2.03. The molecule has 0 saturated carbocycles. The maximum absolute atomic E-state index is 11.5. The van der Waals surface area contributed by atoms with Crippen molar-refractivity contribution in [1.29, 1.82) is 0 Å². The summed E-state index contributed by atoms with van der Waals surface area (Å²) >= 11 is 0. The highest BCUT2D eigenvalue weighted by atomic mass is 16.5. The van der Waals surface area contributed by atoms with Gasteiger partial charge in [-0.15, -0.1) is 0 Å². The first kappa shape index (κ1) is 10.4. The lowest BCUT2D eigenvalue weighted by Crippen LogP contribution is -2.04. The molecule has 16 heavy (non-hydrogen) atoms. The number of H-pyrrole nitrogens is 1. The normalized spacial score (nSPS) is 10.1. The minimum absolute atomic E-state index is 0.302. The summed E-state index contributed by atoms with van der Waals surface area (Å²) in [5.74, 6) is -0.302. The monoisotopic (exact) mass is 216 g/mol. The second-order valence-electron chi connectivity index (χ2n) is 3.27. The van der Waals surface area contributed by atoms with Gasteiger partial charge in [-0.2, -0.15) is 5.10 Å². The predicted molar refractivity (Wildman–Crippen MR) is 60.0 cm³/mol. The summed E-state index contributed by atoms with van der Waals surface area (Å²) in [5.41, 5.74) is 2.35. The molecule has 1 aromatic carbocycles. The molecule has 0 spiro atoms. The van der Waals surface area contributed by atoms with Crippen LogP contribution < -0.4 is 0 Å². The zero-order valence-electron chi connectivity index (χ0n) is 8.93. The van der Waals surface area contributed by atoms with E-state index in [1.54, 1.807) is 25.3 Å².